The Morgan fingerprint density at radius 2 is 1.55 bits per heavy atom. The van der Waals surface area contributed by atoms with E-state index in [4.69, 9.17) is 19.8 Å². The molecule has 40 heavy (non-hydrogen) atoms. The molecule has 0 spiro atoms. The number of nitrogens with two attached hydrogens (primary N) is 1. The number of ether oxygens (including phenoxy) is 1. The van der Waals surface area contributed by atoms with Gasteiger partial charge in [0.2, 0.25) is 0 Å². The van der Waals surface area contributed by atoms with Gasteiger partial charge >= 0.3 is 19.2 Å². The molecule has 0 radical (unpaired) electrons. The van der Waals surface area contributed by atoms with Crippen molar-refractivity contribution in [3.05, 3.63) is 94.5 Å². The molecule has 1 aliphatic heterocycles. The van der Waals surface area contributed by atoms with E-state index in [1.807, 2.05) is 52.0 Å². The summed E-state index contributed by atoms with van der Waals surface area (Å²) in [6, 6.07) is 20.8. The van der Waals surface area contributed by atoms with E-state index in [2.05, 4.69) is 29.6 Å². The largest absolute Gasteiger partial charge is 0.492 e. The van der Waals surface area contributed by atoms with Gasteiger partial charge < -0.3 is 30.2 Å². The monoisotopic (exact) mass is 540 g/mol. The molecule has 8 nitrogen and oxygen atoms in total. The number of benzene rings is 3. The topological polar surface area (TPSA) is 120 Å². The number of rotatable bonds is 7. The third-order valence-electron chi connectivity index (χ3n) is 8.01. The predicted molar refractivity (Wildman–Crippen MR) is 155 cm³/mol. The molecule has 2 aliphatic rings. The van der Waals surface area contributed by atoms with Crippen LogP contribution >= 0.6 is 0 Å². The van der Waals surface area contributed by atoms with Crippen LogP contribution in [0.25, 0.3) is 17.2 Å². The summed E-state index contributed by atoms with van der Waals surface area (Å²) in [5, 5.41) is 12.3. The van der Waals surface area contributed by atoms with Crippen LogP contribution in [0.5, 0.6) is 0 Å². The number of aromatic carboxylic acids is 1. The average molecular weight is 540 g/mol. The zero-order valence-corrected chi connectivity index (χ0v) is 23.1. The second-order valence-corrected chi connectivity index (χ2v) is 11.1. The Kier molecular flexibility index (Phi) is 7.20. The van der Waals surface area contributed by atoms with Crippen molar-refractivity contribution in [2.24, 2.45) is 0 Å². The average Bonchev–Trinajstić information content (AvgIpc) is 3.35. The fourth-order valence-corrected chi connectivity index (χ4v) is 5.05. The first-order chi connectivity index (χ1) is 19.0. The second kappa shape index (κ2) is 10.5. The van der Waals surface area contributed by atoms with Crippen LogP contribution in [0.15, 0.2) is 72.2 Å². The van der Waals surface area contributed by atoms with E-state index in [-0.39, 0.29) is 24.6 Å². The Morgan fingerprint density at radius 3 is 2.12 bits per heavy atom. The summed E-state index contributed by atoms with van der Waals surface area (Å²) in [7, 11) is -0.785. The third kappa shape index (κ3) is 5.22. The number of anilines is 1. The smallest absolute Gasteiger partial charge is 0.478 e. The van der Waals surface area contributed by atoms with Crippen molar-refractivity contribution < 1.29 is 28.7 Å². The lowest BCUT2D eigenvalue weighted by Crippen LogP contribution is -2.41. The highest BCUT2D eigenvalue weighted by Crippen LogP contribution is 2.44. The van der Waals surface area contributed by atoms with Crippen molar-refractivity contribution >= 4 is 30.9 Å². The van der Waals surface area contributed by atoms with Crippen LogP contribution in [0.4, 0.5) is 10.5 Å². The molecular weight excluding hydrogens is 507 g/mol. The van der Waals surface area contributed by atoms with Gasteiger partial charge in [-0.2, -0.15) is 0 Å². The highest BCUT2D eigenvalue weighted by molar-refractivity contribution is 6.56. The van der Waals surface area contributed by atoms with Crippen LogP contribution in [-0.4, -0.2) is 48.6 Å². The van der Waals surface area contributed by atoms with Gasteiger partial charge in [-0.15, -0.1) is 0 Å². The van der Waals surface area contributed by atoms with Gasteiger partial charge in [0, 0.05) is 18.2 Å². The number of carbonyl (C=O) groups is 2. The molecule has 3 aromatic rings. The van der Waals surface area contributed by atoms with E-state index in [1.165, 1.54) is 18.2 Å². The van der Waals surface area contributed by atoms with Crippen LogP contribution in [0.1, 0.15) is 60.7 Å². The molecule has 1 fully saturated rings. The second-order valence-electron chi connectivity index (χ2n) is 11.1. The van der Waals surface area contributed by atoms with Crippen molar-refractivity contribution in [2.45, 2.75) is 44.8 Å². The zero-order chi connectivity index (χ0) is 28.7. The first-order valence-electron chi connectivity index (χ1n) is 13.2. The number of carbonyl (C=O) groups excluding carboxylic acids is 1. The molecule has 1 amide bonds. The summed E-state index contributed by atoms with van der Waals surface area (Å²) in [4.78, 5) is 24.5. The maximum Gasteiger partial charge on any atom is 0.492 e. The summed E-state index contributed by atoms with van der Waals surface area (Å²) < 4.78 is 18.2. The summed E-state index contributed by atoms with van der Waals surface area (Å²) >= 11 is 0. The molecular formula is C31H33BN2O6. The highest BCUT2D eigenvalue weighted by Gasteiger charge is 2.52. The number of nitrogen functional groups attached to an aromatic ring is 1. The molecule has 5 rings (SSSR count). The maximum atomic E-state index is 12.9. The molecule has 0 aromatic heterocycles. The number of amides is 1. The van der Waals surface area contributed by atoms with E-state index >= 15 is 0 Å². The number of nitrogens with one attached hydrogen (secondary N) is 1. The Hall–Kier alpha value is -4.08. The minimum atomic E-state index is -1.07. The van der Waals surface area contributed by atoms with Crippen LogP contribution in [0.2, 0.25) is 0 Å². The summed E-state index contributed by atoms with van der Waals surface area (Å²) in [6.07, 6.45) is 1.12. The molecule has 1 heterocycles. The number of carboxylic acid groups (broad SMARTS) is 1. The van der Waals surface area contributed by atoms with E-state index < -0.39 is 30.4 Å². The van der Waals surface area contributed by atoms with E-state index in [1.54, 1.807) is 6.08 Å². The number of hydrogen-bond acceptors (Lipinski definition) is 6. The van der Waals surface area contributed by atoms with Crippen LogP contribution < -0.4 is 11.1 Å². The fraction of sp³-hybridized carbons (Fsp3) is 0.290. The first kappa shape index (κ1) is 27.5. The van der Waals surface area contributed by atoms with Gasteiger partial charge in [-0.05, 0) is 79.2 Å². The SMILES string of the molecule is CC1(C)OB(C(=Cc2cc(C(=O)O)ccc2N)CNC(=O)OCC2c3ccccc3-c3ccccc32)OC1(C)C. The summed E-state index contributed by atoms with van der Waals surface area (Å²) in [5.41, 5.74) is 11.0. The number of alkyl carbamates (subject to hydrolysis) is 1. The minimum Gasteiger partial charge on any atom is -0.478 e. The fourth-order valence-electron chi connectivity index (χ4n) is 5.05. The standard InChI is InChI=1S/C31H33BN2O6/c1-30(2)31(3,4)40-32(39-30)21(16-20-15-19(28(35)36)13-14-27(20)33)17-34-29(37)38-18-26-24-11-7-5-9-22(24)23-10-6-8-12-25(23)26/h5-16,26H,17-18,33H2,1-4H3,(H,34,37)(H,35,36). The van der Waals surface area contributed by atoms with Crippen LogP contribution in [-0.2, 0) is 14.0 Å². The van der Waals surface area contributed by atoms with E-state index in [9.17, 15) is 14.7 Å². The van der Waals surface area contributed by atoms with Gasteiger partial charge in [0.1, 0.15) is 6.61 Å². The highest BCUT2D eigenvalue weighted by atomic mass is 16.7. The Morgan fingerprint density at radius 1 is 0.975 bits per heavy atom. The zero-order valence-electron chi connectivity index (χ0n) is 23.1. The molecule has 206 valence electrons. The van der Waals surface area contributed by atoms with Crippen LogP contribution in [0.3, 0.4) is 0 Å². The maximum absolute atomic E-state index is 12.9. The summed E-state index contributed by atoms with van der Waals surface area (Å²) in [6.45, 7) is 7.96. The lowest BCUT2D eigenvalue weighted by Gasteiger charge is -2.32. The van der Waals surface area contributed by atoms with Crippen molar-refractivity contribution in [1.29, 1.82) is 0 Å². The molecule has 3 aromatic carbocycles. The molecule has 1 aliphatic carbocycles. The predicted octanol–water partition coefficient (Wildman–Crippen LogP) is 5.52. The Bertz CT molecular complexity index is 1440. The molecule has 0 saturated carbocycles. The molecule has 0 atom stereocenters. The number of carboxylic acids is 1. The van der Waals surface area contributed by atoms with Crippen molar-refractivity contribution in [3.8, 4) is 11.1 Å². The van der Waals surface area contributed by atoms with Gasteiger partial charge in [0.15, 0.2) is 0 Å². The van der Waals surface area contributed by atoms with Crippen LogP contribution in [0, 0.1) is 0 Å². The Labute approximate surface area is 234 Å². The molecule has 4 N–H and O–H groups in total. The van der Waals surface area contributed by atoms with Crippen molar-refractivity contribution in [2.75, 3.05) is 18.9 Å². The van der Waals surface area contributed by atoms with Gasteiger partial charge in [-0.25, -0.2) is 9.59 Å². The number of hydrogen-bond donors (Lipinski definition) is 3. The first-order valence-corrected chi connectivity index (χ1v) is 13.2. The third-order valence-corrected chi connectivity index (χ3v) is 8.01. The summed E-state index contributed by atoms with van der Waals surface area (Å²) in [5.74, 6) is -1.13. The lowest BCUT2D eigenvalue weighted by molar-refractivity contribution is 0.00578. The molecule has 9 heteroatoms. The molecule has 1 saturated heterocycles. The Balaban J connectivity index is 1.34. The molecule has 0 unspecified atom stereocenters. The van der Waals surface area contributed by atoms with Gasteiger partial charge in [0.05, 0.1) is 16.8 Å². The van der Waals surface area contributed by atoms with E-state index in [0.717, 1.165) is 22.3 Å². The van der Waals surface area contributed by atoms with Gasteiger partial charge in [-0.1, -0.05) is 54.6 Å². The van der Waals surface area contributed by atoms with Gasteiger partial charge in [0.25, 0.3) is 0 Å². The van der Waals surface area contributed by atoms with Crippen molar-refractivity contribution in [1.82, 2.24) is 5.32 Å². The minimum absolute atomic E-state index is 0.0459. The van der Waals surface area contributed by atoms with E-state index in [0.29, 0.717) is 16.7 Å². The number of fused-ring (bicyclic) bond motifs is 3. The molecule has 0 bridgehead atoms. The quantitative estimate of drug-likeness (QED) is 0.267. The van der Waals surface area contributed by atoms with Crippen molar-refractivity contribution in [3.63, 3.8) is 0 Å². The lowest BCUT2D eigenvalue weighted by atomic mass is 9.76. The normalized spacial score (nSPS) is 17.3. The van der Waals surface area contributed by atoms with Gasteiger partial charge in [-0.3, -0.25) is 0 Å².